The van der Waals surface area contributed by atoms with Gasteiger partial charge in [0.25, 0.3) is 5.91 Å². The maximum absolute atomic E-state index is 13.5. The first kappa shape index (κ1) is 37.4. The second-order valence-electron chi connectivity index (χ2n) is 15.9. The molecule has 3 amide bonds. The number of fused-ring (bicyclic) bond motifs is 2. The fourth-order valence-corrected chi connectivity index (χ4v) is 8.76. The number of imidazole rings is 1. The zero-order valence-electron chi connectivity index (χ0n) is 31.5. The molecule has 1 aliphatic carbocycles. The van der Waals surface area contributed by atoms with E-state index in [1.807, 2.05) is 29.1 Å². The summed E-state index contributed by atoms with van der Waals surface area (Å²) >= 11 is 0. The van der Waals surface area contributed by atoms with Gasteiger partial charge in [-0.1, -0.05) is 12.1 Å². The average Bonchev–Trinajstić information content (AvgIpc) is 3.70. The first-order valence-electron chi connectivity index (χ1n) is 19.0. The molecule has 0 bridgehead atoms. The van der Waals surface area contributed by atoms with Crippen molar-refractivity contribution in [2.45, 2.75) is 76.2 Å². The topological polar surface area (TPSA) is 139 Å². The number of piperidine rings is 1. The maximum atomic E-state index is 13.5. The van der Waals surface area contributed by atoms with Gasteiger partial charge in [0.1, 0.15) is 17.4 Å². The molecule has 5 heterocycles. The van der Waals surface area contributed by atoms with Crippen molar-refractivity contribution in [3.63, 3.8) is 0 Å². The Labute approximate surface area is 320 Å². The lowest BCUT2D eigenvalue weighted by atomic mass is 9.84. The van der Waals surface area contributed by atoms with Crippen LogP contribution in [0.2, 0.25) is 0 Å². The fraction of sp³-hybridized carbons (Fsp3) is 0.450. The standard InChI is InChI=1S/C40H44F3N9O4/c1-39(2)23-49(30-7-5-8-31-35(30)48(3)38(56)52(31)32-16-17-34(53)46-37(32)55)18-19-50(39)21-24-10-13-27(14-11-24)51-22-25-20-26(12-15-28(25)47-51)44-36(54)29-6-4-9-33(45-29)40(41,42)43/h4-9,12,15,20,22,24,27,32H,10-11,13-14,16-19,21,23H2,1-3H3,(H,44,54)(H,46,53,55). The van der Waals surface area contributed by atoms with E-state index >= 15 is 0 Å². The van der Waals surface area contributed by atoms with Crippen molar-refractivity contribution >= 4 is 51.0 Å². The Hall–Kier alpha value is -5.51. The van der Waals surface area contributed by atoms with Crippen molar-refractivity contribution in [1.82, 2.24) is 34.1 Å². The number of carbonyl (C=O) groups is 3. The average molecular weight is 772 g/mol. The van der Waals surface area contributed by atoms with E-state index in [0.29, 0.717) is 17.1 Å². The number of carbonyl (C=O) groups excluding carboxylic acids is 3. The van der Waals surface area contributed by atoms with Crippen LogP contribution in [0.4, 0.5) is 24.5 Å². The van der Waals surface area contributed by atoms with Crippen molar-refractivity contribution in [2.24, 2.45) is 13.0 Å². The Kier molecular flexibility index (Phi) is 9.49. The van der Waals surface area contributed by atoms with Crippen LogP contribution in [0.5, 0.6) is 0 Å². The molecule has 16 heteroatoms. The summed E-state index contributed by atoms with van der Waals surface area (Å²) in [6.45, 7) is 7.92. The fourth-order valence-electron chi connectivity index (χ4n) is 8.76. The summed E-state index contributed by atoms with van der Waals surface area (Å²) in [4.78, 5) is 59.2. The summed E-state index contributed by atoms with van der Waals surface area (Å²) in [5.74, 6) is -0.960. The normalized spacial score (nSPS) is 22.1. The molecule has 2 N–H and O–H groups in total. The third-order valence-electron chi connectivity index (χ3n) is 11.7. The van der Waals surface area contributed by atoms with Crippen LogP contribution in [0.1, 0.15) is 80.6 Å². The molecule has 294 valence electrons. The van der Waals surface area contributed by atoms with Gasteiger partial charge in [-0.15, -0.1) is 0 Å². The Morgan fingerprint density at radius 1 is 0.982 bits per heavy atom. The Morgan fingerprint density at radius 3 is 2.48 bits per heavy atom. The minimum Gasteiger partial charge on any atom is -0.367 e. The van der Waals surface area contributed by atoms with Gasteiger partial charge in [0.15, 0.2) is 0 Å². The quantitative estimate of drug-likeness (QED) is 0.202. The molecule has 1 unspecified atom stereocenters. The number of halogens is 3. The molecule has 2 saturated heterocycles. The minimum atomic E-state index is -4.64. The van der Waals surface area contributed by atoms with Gasteiger partial charge in [0.05, 0.1) is 28.3 Å². The third kappa shape index (κ3) is 7.06. The van der Waals surface area contributed by atoms with Crippen LogP contribution in [0.15, 0.2) is 65.6 Å². The van der Waals surface area contributed by atoms with Crippen LogP contribution in [0, 0.1) is 5.92 Å². The van der Waals surface area contributed by atoms with E-state index in [-0.39, 0.29) is 41.7 Å². The van der Waals surface area contributed by atoms with Crippen LogP contribution in [-0.2, 0) is 22.8 Å². The predicted octanol–water partition coefficient (Wildman–Crippen LogP) is 5.67. The van der Waals surface area contributed by atoms with Crippen molar-refractivity contribution in [1.29, 1.82) is 0 Å². The molecule has 3 aliphatic rings. The summed E-state index contributed by atoms with van der Waals surface area (Å²) in [5.41, 5.74) is 1.77. The monoisotopic (exact) mass is 771 g/mol. The molecule has 0 radical (unpaired) electrons. The van der Waals surface area contributed by atoms with Gasteiger partial charge in [0, 0.05) is 62.5 Å². The molecular weight excluding hydrogens is 727 g/mol. The lowest BCUT2D eigenvalue weighted by Gasteiger charge is -2.49. The van der Waals surface area contributed by atoms with Crippen LogP contribution in [0.25, 0.3) is 21.9 Å². The molecule has 5 aromatic rings. The van der Waals surface area contributed by atoms with Crippen LogP contribution < -0.4 is 21.2 Å². The molecule has 0 spiro atoms. The van der Waals surface area contributed by atoms with Gasteiger partial charge in [-0.2, -0.15) is 18.3 Å². The number of rotatable bonds is 7. The predicted molar refractivity (Wildman–Crippen MR) is 204 cm³/mol. The summed E-state index contributed by atoms with van der Waals surface area (Å²) < 4.78 is 44.5. The number of pyridine rings is 1. The first-order valence-corrected chi connectivity index (χ1v) is 19.0. The van der Waals surface area contributed by atoms with Crippen molar-refractivity contribution in [3.8, 4) is 0 Å². The van der Waals surface area contributed by atoms with Crippen molar-refractivity contribution < 1.29 is 27.6 Å². The molecule has 3 fully saturated rings. The van der Waals surface area contributed by atoms with E-state index in [2.05, 4.69) is 39.3 Å². The van der Waals surface area contributed by atoms with E-state index in [1.165, 1.54) is 10.6 Å². The lowest BCUT2D eigenvalue weighted by molar-refractivity contribution is -0.141. The highest BCUT2D eigenvalue weighted by molar-refractivity contribution is 6.04. The number of nitrogens with one attached hydrogen (secondary N) is 2. The molecule has 1 atom stereocenters. The first-order chi connectivity index (χ1) is 26.7. The second kappa shape index (κ2) is 14.2. The van der Waals surface area contributed by atoms with E-state index in [4.69, 9.17) is 5.10 Å². The van der Waals surface area contributed by atoms with Crippen molar-refractivity contribution in [3.05, 3.63) is 82.7 Å². The number of benzene rings is 2. The molecule has 3 aromatic heterocycles. The molecule has 56 heavy (non-hydrogen) atoms. The number of alkyl halides is 3. The SMILES string of the molecule is Cn1c(=O)n(C2CCC(=O)NC2=O)c2cccc(N3CCN(CC4CCC(n5cc6cc(NC(=O)c7cccc(C(F)(F)F)n7)ccc6n5)CC4)C(C)(C)C3)c21. The summed E-state index contributed by atoms with van der Waals surface area (Å²) in [5, 5.41) is 10.7. The number of aryl methyl sites for hydroxylation is 1. The van der Waals surface area contributed by atoms with Gasteiger partial charge < -0.3 is 10.2 Å². The van der Waals surface area contributed by atoms with Gasteiger partial charge in [0.2, 0.25) is 11.8 Å². The Balaban J connectivity index is 0.890. The number of hydrogen-bond acceptors (Lipinski definition) is 8. The molecule has 2 aliphatic heterocycles. The summed E-state index contributed by atoms with van der Waals surface area (Å²) in [6.07, 6.45) is 1.86. The Morgan fingerprint density at radius 2 is 1.75 bits per heavy atom. The highest BCUT2D eigenvalue weighted by atomic mass is 19.4. The maximum Gasteiger partial charge on any atom is 0.433 e. The molecule has 13 nitrogen and oxygen atoms in total. The van der Waals surface area contributed by atoms with Gasteiger partial charge in [-0.3, -0.25) is 38.4 Å². The minimum absolute atomic E-state index is 0.146. The number of anilines is 2. The zero-order chi connectivity index (χ0) is 39.5. The third-order valence-corrected chi connectivity index (χ3v) is 11.7. The zero-order valence-corrected chi connectivity index (χ0v) is 31.5. The highest BCUT2D eigenvalue weighted by Crippen LogP contribution is 2.37. The van der Waals surface area contributed by atoms with E-state index in [9.17, 15) is 32.3 Å². The number of nitrogens with zero attached hydrogens (tertiary/aromatic N) is 7. The number of aromatic nitrogens is 5. The van der Waals surface area contributed by atoms with E-state index in [0.717, 1.165) is 86.1 Å². The van der Waals surface area contributed by atoms with Gasteiger partial charge in [-0.25, -0.2) is 9.78 Å². The molecule has 2 aromatic carbocycles. The number of piperazine rings is 1. The Bertz CT molecular complexity index is 2410. The lowest BCUT2D eigenvalue weighted by Crippen LogP contribution is -2.60. The van der Waals surface area contributed by atoms with Crippen molar-refractivity contribution in [2.75, 3.05) is 36.4 Å². The van der Waals surface area contributed by atoms with E-state index < -0.39 is 29.7 Å². The molecule has 1 saturated carbocycles. The van der Waals surface area contributed by atoms with E-state index in [1.54, 1.807) is 29.8 Å². The summed E-state index contributed by atoms with van der Waals surface area (Å²) in [7, 11) is 1.74. The number of para-hydroxylation sites is 1. The van der Waals surface area contributed by atoms with Crippen LogP contribution >= 0.6 is 0 Å². The number of amides is 3. The van der Waals surface area contributed by atoms with Crippen LogP contribution in [0.3, 0.4) is 0 Å². The molecular formula is C40H44F3N9O4. The largest absolute Gasteiger partial charge is 0.433 e. The van der Waals surface area contributed by atoms with Gasteiger partial charge >= 0.3 is 11.9 Å². The van der Waals surface area contributed by atoms with Gasteiger partial charge in [-0.05, 0) is 94.3 Å². The highest BCUT2D eigenvalue weighted by Gasteiger charge is 2.38. The summed E-state index contributed by atoms with van der Waals surface area (Å²) in [6, 6.07) is 13.8. The molecule has 8 rings (SSSR count). The number of imide groups is 1. The second-order valence-corrected chi connectivity index (χ2v) is 15.9. The number of hydrogen-bond donors (Lipinski definition) is 2. The smallest absolute Gasteiger partial charge is 0.367 e. The van der Waals surface area contributed by atoms with Crippen LogP contribution in [-0.4, -0.2) is 78.2 Å².